The SMILES string of the molecule is CSc1ccc(/C=c2/sc3nc(-c4oc5ccccc5c4C)nn3c2=O)cc1. The van der Waals surface area contributed by atoms with E-state index in [-0.39, 0.29) is 5.56 Å². The van der Waals surface area contributed by atoms with Crippen molar-refractivity contribution < 1.29 is 4.42 Å². The highest BCUT2D eigenvalue weighted by Crippen LogP contribution is 2.31. The van der Waals surface area contributed by atoms with Gasteiger partial charge in [0.15, 0.2) is 5.76 Å². The second kappa shape index (κ2) is 6.61. The molecule has 0 saturated carbocycles. The van der Waals surface area contributed by atoms with Crippen LogP contribution in [0.1, 0.15) is 11.1 Å². The van der Waals surface area contributed by atoms with Crippen molar-refractivity contribution in [1.29, 1.82) is 0 Å². The van der Waals surface area contributed by atoms with Gasteiger partial charge in [0, 0.05) is 15.8 Å². The third kappa shape index (κ3) is 2.75. The standard InChI is InChI=1S/C21H15N3O2S2/c1-12-15-5-3-4-6-16(15)26-18(12)19-22-21-24(23-19)20(25)17(28-21)11-13-7-9-14(27-2)10-8-13/h3-11H,1-2H3/b17-11+. The van der Waals surface area contributed by atoms with E-state index < -0.39 is 0 Å². The molecule has 0 spiro atoms. The molecule has 0 aliphatic rings. The highest BCUT2D eigenvalue weighted by molar-refractivity contribution is 7.98. The van der Waals surface area contributed by atoms with Crippen molar-refractivity contribution in [2.75, 3.05) is 6.26 Å². The van der Waals surface area contributed by atoms with E-state index in [1.54, 1.807) is 11.8 Å². The van der Waals surface area contributed by atoms with Crippen molar-refractivity contribution in [2.45, 2.75) is 11.8 Å². The van der Waals surface area contributed by atoms with Crippen LogP contribution < -0.4 is 10.1 Å². The van der Waals surface area contributed by atoms with Crippen LogP contribution in [0.5, 0.6) is 0 Å². The number of thioether (sulfide) groups is 1. The Kier molecular flexibility index (Phi) is 4.07. The van der Waals surface area contributed by atoms with E-state index in [2.05, 4.69) is 10.1 Å². The number of thiazole rings is 1. The van der Waals surface area contributed by atoms with Gasteiger partial charge in [0.1, 0.15) is 5.58 Å². The average molecular weight is 406 g/mol. The lowest BCUT2D eigenvalue weighted by Crippen LogP contribution is -2.23. The van der Waals surface area contributed by atoms with Gasteiger partial charge >= 0.3 is 0 Å². The molecule has 5 aromatic rings. The molecule has 0 amide bonds. The van der Waals surface area contributed by atoms with E-state index in [1.807, 2.05) is 67.8 Å². The first-order chi connectivity index (χ1) is 13.6. The molecule has 5 rings (SSSR count). The average Bonchev–Trinajstić information content (AvgIpc) is 3.36. The van der Waals surface area contributed by atoms with Crippen molar-refractivity contribution in [3.63, 3.8) is 0 Å². The Morgan fingerprint density at radius 1 is 1.14 bits per heavy atom. The second-order valence-electron chi connectivity index (χ2n) is 6.37. The maximum absolute atomic E-state index is 12.8. The number of hydrogen-bond donors (Lipinski definition) is 0. The molecule has 0 aliphatic carbocycles. The number of para-hydroxylation sites is 1. The van der Waals surface area contributed by atoms with Crippen LogP contribution in [0.4, 0.5) is 0 Å². The number of nitrogens with zero attached hydrogens (tertiary/aromatic N) is 3. The minimum atomic E-state index is -0.165. The van der Waals surface area contributed by atoms with Gasteiger partial charge in [0.05, 0.1) is 4.53 Å². The van der Waals surface area contributed by atoms with Gasteiger partial charge < -0.3 is 4.42 Å². The van der Waals surface area contributed by atoms with Crippen molar-refractivity contribution >= 4 is 45.1 Å². The zero-order chi connectivity index (χ0) is 19.3. The normalized spacial score (nSPS) is 12.4. The van der Waals surface area contributed by atoms with Crippen LogP contribution in [0, 0.1) is 6.92 Å². The minimum Gasteiger partial charge on any atom is -0.452 e. The minimum absolute atomic E-state index is 0.165. The molecule has 138 valence electrons. The largest absolute Gasteiger partial charge is 0.452 e. The number of aromatic nitrogens is 3. The molecular weight excluding hydrogens is 390 g/mol. The van der Waals surface area contributed by atoms with Gasteiger partial charge in [-0.25, -0.2) is 0 Å². The van der Waals surface area contributed by atoms with Gasteiger partial charge in [-0.15, -0.1) is 16.9 Å². The van der Waals surface area contributed by atoms with E-state index in [0.29, 0.717) is 21.1 Å². The van der Waals surface area contributed by atoms with Crippen LogP contribution in [0.15, 0.2) is 62.6 Å². The molecule has 0 bridgehead atoms. The Labute approximate surface area is 168 Å². The molecule has 3 heterocycles. The summed E-state index contributed by atoms with van der Waals surface area (Å²) in [6, 6.07) is 15.9. The lowest BCUT2D eigenvalue weighted by Gasteiger charge is -1.95. The first-order valence-electron chi connectivity index (χ1n) is 8.68. The summed E-state index contributed by atoms with van der Waals surface area (Å²) in [5.41, 5.74) is 2.58. The highest BCUT2D eigenvalue weighted by Gasteiger charge is 2.18. The summed E-state index contributed by atoms with van der Waals surface area (Å²) in [5.74, 6) is 1.04. The van der Waals surface area contributed by atoms with Gasteiger partial charge in [-0.05, 0) is 43.0 Å². The molecule has 28 heavy (non-hydrogen) atoms. The predicted octanol–water partition coefficient (Wildman–Crippen LogP) is 4.14. The molecule has 0 atom stereocenters. The van der Waals surface area contributed by atoms with Crippen LogP contribution in [0.25, 0.3) is 33.6 Å². The molecule has 2 aromatic carbocycles. The lowest BCUT2D eigenvalue weighted by molar-refractivity contribution is 0.622. The first kappa shape index (κ1) is 17.2. The molecular formula is C21H15N3O2S2. The second-order valence-corrected chi connectivity index (χ2v) is 8.26. The van der Waals surface area contributed by atoms with E-state index >= 15 is 0 Å². The summed E-state index contributed by atoms with van der Waals surface area (Å²) >= 11 is 3.02. The molecule has 0 fully saturated rings. The fourth-order valence-electron chi connectivity index (χ4n) is 3.17. The van der Waals surface area contributed by atoms with Gasteiger partial charge in [-0.2, -0.15) is 9.50 Å². The zero-order valence-electron chi connectivity index (χ0n) is 15.2. The highest BCUT2D eigenvalue weighted by atomic mass is 32.2. The van der Waals surface area contributed by atoms with E-state index in [4.69, 9.17) is 4.42 Å². The summed E-state index contributed by atoms with van der Waals surface area (Å²) in [4.78, 5) is 19.1. The zero-order valence-corrected chi connectivity index (χ0v) is 16.8. The van der Waals surface area contributed by atoms with Crippen LogP contribution in [-0.4, -0.2) is 20.9 Å². The van der Waals surface area contributed by atoms with Gasteiger partial charge in [0.2, 0.25) is 10.8 Å². The number of furan rings is 1. The topological polar surface area (TPSA) is 60.4 Å². The van der Waals surface area contributed by atoms with Crippen molar-refractivity contribution in [3.8, 4) is 11.6 Å². The van der Waals surface area contributed by atoms with E-state index in [0.717, 1.165) is 22.1 Å². The molecule has 0 unspecified atom stereocenters. The Balaban J connectivity index is 1.60. The third-order valence-electron chi connectivity index (χ3n) is 4.64. The summed E-state index contributed by atoms with van der Waals surface area (Å²) in [7, 11) is 0. The molecule has 0 radical (unpaired) electrons. The Morgan fingerprint density at radius 2 is 1.93 bits per heavy atom. The molecule has 0 N–H and O–H groups in total. The number of aryl methyl sites for hydroxylation is 1. The summed E-state index contributed by atoms with van der Waals surface area (Å²) in [6.45, 7) is 1.98. The maximum atomic E-state index is 12.8. The van der Waals surface area contributed by atoms with Crippen molar-refractivity contribution in [2.24, 2.45) is 0 Å². The number of rotatable bonds is 3. The molecule has 3 aromatic heterocycles. The predicted molar refractivity (Wildman–Crippen MR) is 114 cm³/mol. The Hall–Kier alpha value is -2.90. The van der Waals surface area contributed by atoms with Gasteiger partial charge in [0.25, 0.3) is 5.56 Å². The van der Waals surface area contributed by atoms with Crippen LogP contribution in [-0.2, 0) is 0 Å². The van der Waals surface area contributed by atoms with Gasteiger partial charge in [-0.3, -0.25) is 4.79 Å². The third-order valence-corrected chi connectivity index (χ3v) is 6.34. The molecule has 0 saturated heterocycles. The Bertz CT molecular complexity index is 1430. The van der Waals surface area contributed by atoms with Crippen LogP contribution >= 0.6 is 23.1 Å². The van der Waals surface area contributed by atoms with E-state index in [9.17, 15) is 4.79 Å². The van der Waals surface area contributed by atoms with E-state index in [1.165, 1.54) is 20.7 Å². The van der Waals surface area contributed by atoms with Crippen molar-refractivity contribution in [1.82, 2.24) is 14.6 Å². The monoisotopic (exact) mass is 405 g/mol. The Morgan fingerprint density at radius 3 is 2.64 bits per heavy atom. The summed E-state index contributed by atoms with van der Waals surface area (Å²) < 4.78 is 7.89. The lowest BCUT2D eigenvalue weighted by atomic mass is 10.1. The van der Waals surface area contributed by atoms with Crippen LogP contribution in [0.2, 0.25) is 0 Å². The molecule has 5 nitrogen and oxygen atoms in total. The number of fused-ring (bicyclic) bond motifs is 2. The number of hydrogen-bond acceptors (Lipinski definition) is 6. The van der Waals surface area contributed by atoms with Crippen LogP contribution in [0.3, 0.4) is 0 Å². The number of benzene rings is 2. The fraction of sp³-hybridized carbons (Fsp3) is 0.0952. The van der Waals surface area contributed by atoms with Crippen molar-refractivity contribution in [3.05, 3.63) is 74.5 Å². The van der Waals surface area contributed by atoms with Gasteiger partial charge in [-0.1, -0.05) is 41.7 Å². The molecule has 7 heteroatoms. The quantitative estimate of drug-likeness (QED) is 0.422. The maximum Gasteiger partial charge on any atom is 0.291 e. The smallest absolute Gasteiger partial charge is 0.291 e. The fourth-order valence-corrected chi connectivity index (χ4v) is 4.49. The molecule has 0 aliphatic heterocycles. The summed E-state index contributed by atoms with van der Waals surface area (Å²) in [6.07, 6.45) is 3.91. The summed E-state index contributed by atoms with van der Waals surface area (Å²) in [5, 5.41) is 5.44. The first-order valence-corrected chi connectivity index (χ1v) is 10.7.